The Bertz CT molecular complexity index is 1100. The van der Waals surface area contributed by atoms with E-state index in [2.05, 4.69) is 20.9 Å². The van der Waals surface area contributed by atoms with Gasteiger partial charge in [0, 0.05) is 13.6 Å². The molecule has 2 aromatic heterocycles. The highest BCUT2D eigenvalue weighted by Crippen LogP contribution is 2.27. The molecule has 3 heterocycles. The van der Waals surface area contributed by atoms with Crippen LogP contribution in [0.15, 0.2) is 36.5 Å². The van der Waals surface area contributed by atoms with Crippen LogP contribution < -0.4 is 10.6 Å². The Morgan fingerprint density at radius 2 is 2.23 bits per heavy atom. The number of rotatable bonds is 5. The van der Waals surface area contributed by atoms with Crippen LogP contribution >= 0.6 is 22.9 Å². The summed E-state index contributed by atoms with van der Waals surface area (Å²) >= 11 is 7.02. The summed E-state index contributed by atoms with van der Waals surface area (Å²) in [6.07, 6.45) is 2.25. The Hall–Kier alpha value is -2.98. The molecule has 1 aliphatic rings. The lowest BCUT2D eigenvalue weighted by Gasteiger charge is -2.33. The first-order valence-corrected chi connectivity index (χ1v) is 10.4. The molecule has 1 aliphatic heterocycles. The van der Waals surface area contributed by atoms with E-state index < -0.39 is 5.82 Å². The van der Waals surface area contributed by atoms with Crippen LogP contribution in [0.3, 0.4) is 0 Å². The van der Waals surface area contributed by atoms with Gasteiger partial charge in [-0.05, 0) is 36.2 Å². The normalized spacial score (nSPS) is 16.4. The van der Waals surface area contributed by atoms with Gasteiger partial charge >= 0.3 is 6.03 Å². The van der Waals surface area contributed by atoms with Crippen LogP contribution in [0.4, 0.5) is 9.18 Å². The Morgan fingerprint density at radius 1 is 1.40 bits per heavy atom. The van der Waals surface area contributed by atoms with Gasteiger partial charge in [-0.3, -0.25) is 4.79 Å². The van der Waals surface area contributed by atoms with E-state index in [9.17, 15) is 14.0 Å². The average Bonchev–Trinajstić information content (AvgIpc) is 3.37. The van der Waals surface area contributed by atoms with Crippen molar-refractivity contribution < 1.29 is 14.0 Å². The largest absolute Gasteiger partial charge is 0.346 e. The maximum atomic E-state index is 14.8. The zero-order valence-corrected chi connectivity index (χ0v) is 17.5. The van der Waals surface area contributed by atoms with Crippen molar-refractivity contribution in [3.63, 3.8) is 0 Å². The molecular formula is C19H18ClFN6O2S. The van der Waals surface area contributed by atoms with E-state index in [4.69, 9.17) is 11.6 Å². The van der Waals surface area contributed by atoms with E-state index >= 15 is 0 Å². The first kappa shape index (κ1) is 20.3. The minimum absolute atomic E-state index is 0.149. The quantitative estimate of drug-likeness (QED) is 0.627. The molecule has 30 heavy (non-hydrogen) atoms. The third-order valence-electron chi connectivity index (χ3n) is 4.85. The summed E-state index contributed by atoms with van der Waals surface area (Å²) in [5.41, 5.74) is 1.44. The standard InChI is InChI=1S/C19H18ClFN6O2S/c1-26-14(6-7-22-19(26)29)11-2-3-15(13(21)8-11)27-10-12(24-25-27)9-23-18(28)16-4-5-17(20)30-16/h2-5,8,10,14H,6-7,9H2,1H3,(H,22,29)(H,23,28). The van der Waals surface area contributed by atoms with Gasteiger partial charge in [0.2, 0.25) is 0 Å². The van der Waals surface area contributed by atoms with Crippen molar-refractivity contribution >= 4 is 34.9 Å². The van der Waals surface area contributed by atoms with Gasteiger partial charge in [0.25, 0.3) is 5.91 Å². The van der Waals surface area contributed by atoms with Crippen molar-refractivity contribution in [1.29, 1.82) is 0 Å². The van der Waals surface area contributed by atoms with E-state index in [-0.39, 0.29) is 30.2 Å². The van der Waals surface area contributed by atoms with Gasteiger partial charge in [-0.1, -0.05) is 22.9 Å². The van der Waals surface area contributed by atoms with E-state index in [0.717, 1.165) is 5.56 Å². The molecule has 1 fully saturated rings. The summed E-state index contributed by atoms with van der Waals surface area (Å²) < 4.78 is 16.6. The summed E-state index contributed by atoms with van der Waals surface area (Å²) in [6, 6.07) is 7.74. The van der Waals surface area contributed by atoms with Crippen LogP contribution in [0.2, 0.25) is 4.34 Å². The number of carbonyl (C=O) groups excluding carboxylic acids is 2. The smallest absolute Gasteiger partial charge is 0.317 e. The van der Waals surface area contributed by atoms with E-state index in [1.54, 1.807) is 42.4 Å². The van der Waals surface area contributed by atoms with Crippen molar-refractivity contribution in [2.24, 2.45) is 0 Å². The molecule has 2 N–H and O–H groups in total. The molecule has 3 amide bonds. The number of hydrogen-bond donors (Lipinski definition) is 2. The van der Waals surface area contributed by atoms with Gasteiger partial charge in [0.05, 0.1) is 28.0 Å². The van der Waals surface area contributed by atoms with Crippen LogP contribution in [0.1, 0.15) is 33.4 Å². The molecule has 4 rings (SSSR count). The summed E-state index contributed by atoms with van der Waals surface area (Å²) in [7, 11) is 1.69. The number of benzene rings is 1. The number of aromatic nitrogens is 3. The molecule has 0 radical (unpaired) electrons. The average molecular weight is 449 g/mol. The molecule has 1 atom stereocenters. The molecule has 1 aromatic carbocycles. The van der Waals surface area contributed by atoms with Crippen molar-refractivity contribution in [2.45, 2.75) is 19.0 Å². The number of thiophene rings is 1. The summed E-state index contributed by atoms with van der Waals surface area (Å²) in [5.74, 6) is -0.738. The minimum Gasteiger partial charge on any atom is -0.346 e. The number of carbonyl (C=O) groups is 2. The maximum Gasteiger partial charge on any atom is 0.317 e. The van der Waals surface area contributed by atoms with Gasteiger partial charge < -0.3 is 15.5 Å². The Kier molecular flexibility index (Phi) is 5.69. The second kappa shape index (κ2) is 8.41. The van der Waals surface area contributed by atoms with Gasteiger partial charge in [-0.2, -0.15) is 0 Å². The fourth-order valence-electron chi connectivity index (χ4n) is 3.27. The first-order chi connectivity index (χ1) is 14.4. The molecule has 0 bridgehead atoms. The van der Waals surface area contributed by atoms with Crippen molar-refractivity contribution in [3.05, 3.63) is 62.8 Å². The highest BCUT2D eigenvalue weighted by molar-refractivity contribution is 7.17. The molecule has 0 aliphatic carbocycles. The van der Waals surface area contributed by atoms with Crippen LogP contribution in [-0.4, -0.2) is 45.4 Å². The molecule has 3 aromatic rings. The Labute approximate surface area is 180 Å². The number of nitrogens with zero attached hydrogens (tertiary/aromatic N) is 4. The predicted molar refractivity (Wildman–Crippen MR) is 110 cm³/mol. The van der Waals surface area contributed by atoms with Crippen molar-refractivity contribution in [1.82, 2.24) is 30.5 Å². The number of amides is 3. The highest BCUT2D eigenvalue weighted by Gasteiger charge is 2.26. The first-order valence-electron chi connectivity index (χ1n) is 9.17. The lowest BCUT2D eigenvalue weighted by molar-refractivity contribution is 0.0954. The summed E-state index contributed by atoms with van der Waals surface area (Å²) in [5, 5.41) is 13.4. The second-order valence-electron chi connectivity index (χ2n) is 6.80. The van der Waals surface area contributed by atoms with E-state index in [1.807, 2.05) is 0 Å². The van der Waals surface area contributed by atoms with Crippen LogP contribution in [0.5, 0.6) is 0 Å². The molecule has 11 heteroatoms. The lowest BCUT2D eigenvalue weighted by Crippen LogP contribution is -2.45. The molecule has 1 unspecified atom stereocenters. The highest BCUT2D eigenvalue weighted by atomic mass is 35.5. The fourth-order valence-corrected chi connectivity index (χ4v) is 4.23. The molecular weight excluding hydrogens is 431 g/mol. The SMILES string of the molecule is CN1C(=O)NCCC1c1ccc(-n2cc(CNC(=O)c3ccc(Cl)s3)nn2)c(F)c1. The minimum atomic E-state index is -0.472. The molecule has 8 nitrogen and oxygen atoms in total. The zero-order chi connectivity index (χ0) is 21.3. The van der Waals surface area contributed by atoms with Gasteiger partial charge in [0.1, 0.15) is 17.2 Å². The maximum absolute atomic E-state index is 14.8. The van der Waals surface area contributed by atoms with E-state index in [1.165, 1.54) is 22.1 Å². The number of hydrogen-bond acceptors (Lipinski definition) is 5. The van der Waals surface area contributed by atoms with Crippen LogP contribution in [0.25, 0.3) is 5.69 Å². The summed E-state index contributed by atoms with van der Waals surface area (Å²) in [4.78, 5) is 26.0. The topological polar surface area (TPSA) is 92.2 Å². The van der Waals surface area contributed by atoms with Crippen molar-refractivity contribution in [3.8, 4) is 5.69 Å². The Morgan fingerprint density at radius 3 is 2.97 bits per heavy atom. The Balaban J connectivity index is 1.45. The zero-order valence-electron chi connectivity index (χ0n) is 15.9. The molecule has 156 valence electrons. The summed E-state index contributed by atoms with van der Waals surface area (Å²) in [6.45, 7) is 0.697. The second-order valence-corrected chi connectivity index (χ2v) is 8.51. The van der Waals surface area contributed by atoms with Gasteiger partial charge in [-0.25, -0.2) is 13.9 Å². The van der Waals surface area contributed by atoms with Crippen LogP contribution in [-0.2, 0) is 6.54 Å². The number of urea groups is 1. The fraction of sp³-hybridized carbons (Fsp3) is 0.263. The van der Waals surface area contributed by atoms with E-state index in [0.29, 0.717) is 27.9 Å². The lowest BCUT2D eigenvalue weighted by atomic mass is 10.0. The predicted octanol–water partition coefficient (Wildman–Crippen LogP) is 3.14. The van der Waals surface area contributed by atoms with Crippen molar-refractivity contribution in [2.75, 3.05) is 13.6 Å². The number of halogens is 2. The third kappa shape index (κ3) is 4.14. The molecule has 1 saturated heterocycles. The third-order valence-corrected chi connectivity index (χ3v) is 6.08. The molecule has 0 spiro atoms. The van der Waals surface area contributed by atoms with Crippen LogP contribution in [0, 0.1) is 5.82 Å². The van der Waals surface area contributed by atoms with Gasteiger partial charge in [0.15, 0.2) is 0 Å². The van der Waals surface area contributed by atoms with Gasteiger partial charge in [-0.15, -0.1) is 16.4 Å². The number of nitrogens with one attached hydrogen (secondary N) is 2. The molecule has 0 saturated carbocycles. The monoisotopic (exact) mass is 448 g/mol.